The monoisotopic (exact) mass is 357 g/mol. The summed E-state index contributed by atoms with van der Waals surface area (Å²) in [5, 5.41) is 33.2. The van der Waals surface area contributed by atoms with Crippen LogP contribution in [0.15, 0.2) is 12.1 Å². The average molecular weight is 357 g/mol. The fourth-order valence-corrected chi connectivity index (χ4v) is 6.92. The summed E-state index contributed by atoms with van der Waals surface area (Å²) in [4.78, 5) is 2.52. The smallest absolute Gasteiger partial charge is 0.165 e. The molecule has 2 heterocycles. The van der Waals surface area contributed by atoms with Gasteiger partial charge in [-0.15, -0.1) is 0 Å². The molecule has 1 saturated heterocycles. The van der Waals surface area contributed by atoms with Gasteiger partial charge in [-0.2, -0.15) is 0 Å². The number of rotatable bonds is 2. The third kappa shape index (κ3) is 1.53. The van der Waals surface area contributed by atoms with Gasteiger partial charge in [0.25, 0.3) is 0 Å². The van der Waals surface area contributed by atoms with Crippen LogP contribution in [0, 0.1) is 5.92 Å². The number of hydrogen-bond acceptors (Lipinski definition) is 5. The van der Waals surface area contributed by atoms with E-state index in [1.54, 1.807) is 6.07 Å². The summed E-state index contributed by atoms with van der Waals surface area (Å²) in [5.41, 5.74) is 0.656. The van der Waals surface area contributed by atoms with Crippen LogP contribution in [-0.4, -0.2) is 50.6 Å². The molecule has 26 heavy (non-hydrogen) atoms. The number of ether oxygens (including phenoxy) is 1. The zero-order valence-electron chi connectivity index (χ0n) is 15.2. The van der Waals surface area contributed by atoms with Crippen molar-refractivity contribution < 1.29 is 20.1 Å². The van der Waals surface area contributed by atoms with E-state index in [9.17, 15) is 15.3 Å². The van der Waals surface area contributed by atoms with Gasteiger partial charge in [-0.3, -0.25) is 4.90 Å². The lowest BCUT2D eigenvalue weighted by Gasteiger charge is -2.60. The topological polar surface area (TPSA) is 73.2 Å². The third-order valence-electron chi connectivity index (χ3n) is 8.45. The molecule has 1 aromatic rings. The van der Waals surface area contributed by atoms with E-state index >= 15 is 0 Å². The van der Waals surface area contributed by atoms with Crippen molar-refractivity contribution in [2.45, 2.75) is 80.8 Å². The van der Waals surface area contributed by atoms with Crippen molar-refractivity contribution >= 4 is 0 Å². The molecule has 3 aliphatic carbocycles. The van der Waals surface area contributed by atoms with Gasteiger partial charge in [-0.05, 0) is 56.6 Å². The Morgan fingerprint density at radius 3 is 2.81 bits per heavy atom. The van der Waals surface area contributed by atoms with Crippen molar-refractivity contribution in [3.8, 4) is 11.5 Å². The number of nitrogens with zero attached hydrogens (tertiary/aromatic N) is 1. The quantitative estimate of drug-likeness (QED) is 0.757. The van der Waals surface area contributed by atoms with Crippen molar-refractivity contribution in [2.24, 2.45) is 5.92 Å². The van der Waals surface area contributed by atoms with Gasteiger partial charge in [0.1, 0.15) is 6.10 Å². The Morgan fingerprint density at radius 1 is 1.27 bits per heavy atom. The van der Waals surface area contributed by atoms with Crippen molar-refractivity contribution in [1.29, 1.82) is 0 Å². The highest BCUT2D eigenvalue weighted by Crippen LogP contribution is 2.70. The van der Waals surface area contributed by atoms with E-state index in [-0.39, 0.29) is 17.8 Å². The molecular weight excluding hydrogens is 330 g/mol. The molecule has 5 heteroatoms. The minimum absolute atomic E-state index is 0.0148. The first-order valence-corrected chi connectivity index (χ1v) is 10.2. The number of phenolic OH excluding ortho intramolecular Hbond substituents is 1. The Balaban J connectivity index is 1.57. The molecule has 5 aliphatic rings. The zero-order valence-corrected chi connectivity index (χ0v) is 15.2. The molecule has 0 amide bonds. The Bertz CT molecular complexity index is 792. The summed E-state index contributed by atoms with van der Waals surface area (Å²) in [5.74, 6) is 1.37. The molecule has 0 aromatic heterocycles. The number of likely N-dealkylation sites (tertiary alicyclic amines) is 1. The predicted octanol–water partition coefficient (Wildman–Crippen LogP) is 2.23. The maximum atomic E-state index is 12.1. The lowest BCUT2D eigenvalue weighted by Crippen LogP contribution is -2.73. The third-order valence-corrected chi connectivity index (χ3v) is 8.45. The Morgan fingerprint density at radius 2 is 2.08 bits per heavy atom. The molecule has 2 saturated carbocycles. The van der Waals surface area contributed by atoms with Crippen molar-refractivity contribution in [2.75, 3.05) is 6.54 Å². The molecule has 6 atom stereocenters. The van der Waals surface area contributed by atoms with Gasteiger partial charge in [0.2, 0.25) is 0 Å². The molecule has 5 nitrogen and oxygen atoms in total. The van der Waals surface area contributed by atoms with E-state index in [0.717, 1.165) is 24.4 Å². The zero-order chi connectivity index (χ0) is 17.8. The van der Waals surface area contributed by atoms with E-state index in [4.69, 9.17) is 4.74 Å². The van der Waals surface area contributed by atoms with Crippen LogP contribution in [0.25, 0.3) is 0 Å². The van der Waals surface area contributed by atoms with Crippen LogP contribution in [0.4, 0.5) is 0 Å². The van der Waals surface area contributed by atoms with Crippen molar-refractivity contribution in [1.82, 2.24) is 4.90 Å². The minimum atomic E-state index is -0.929. The summed E-state index contributed by atoms with van der Waals surface area (Å²) in [6.07, 6.45) is 4.75. The largest absolute Gasteiger partial charge is 0.504 e. The van der Waals surface area contributed by atoms with Gasteiger partial charge < -0.3 is 20.1 Å². The molecule has 3 fully saturated rings. The molecule has 0 radical (unpaired) electrons. The predicted molar refractivity (Wildman–Crippen MR) is 95.3 cm³/mol. The maximum Gasteiger partial charge on any atom is 0.165 e. The maximum absolute atomic E-state index is 12.1. The standard InChI is InChI=1S/C21H27NO4/c1-11-21(25)8-7-16(24)19-20(21)9-14(22(11)10-12-3-2-4-12)13-5-6-15(23)18(26-19)17(13)20/h5-6,11-12,14,16,19,23-25H,2-4,7-10H2,1H3. The van der Waals surface area contributed by atoms with Gasteiger partial charge in [-0.1, -0.05) is 12.5 Å². The molecular formula is C21H27NO4. The van der Waals surface area contributed by atoms with Gasteiger partial charge in [0.15, 0.2) is 11.5 Å². The van der Waals surface area contributed by atoms with E-state index in [2.05, 4.69) is 11.8 Å². The normalized spacial score (nSPS) is 46.0. The van der Waals surface area contributed by atoms with Crippen LogP contribution in [0.3, 0.4) is 0 Å². The molecule has 2 bridgehead atoms. The number of fused-ring (bicyclic) bond motifs is 2. The molecule has 6 rings (SSSR count). The second-order valence-electron chi connectivity index (χ2n) is 9.31. The number of benzene rings is 1. The first-order chi connectivity index (χ1) is 12.5. The molecule has 3 N–H and O–H groups in total. The van der Waals surface area contributed by atoms with Crippen molar-refractivity contribution in [3.05, 3.63) is 23.3 Å². The summed E-state index contributed by atoms with van der Waals surface area (Å²) in [6.45, 7) is 3.19. The molecule has 2 aliphatic heterocycles. The highest BCUT2D eigenvalue weighted by atomic mass is 16.5. The van der Waals surface area contributed by atoms with Crippen LogP contribution in [0.5, 0.6) is 11.5 Å². The Kier molecular flexibility index (Phi) is 2.87. The first kappa shape index (κ1) is 15.7. The first-order valence-electron chi connectivity index (χ1n) is 10.2. The van der Waals surface area contributed by atoms with E-state index in [1.165, 1.54) is 24.8 Å². The molecule has 1 spiro atoms. The van der Waals surface area contributed by atoms with Gasteiger partial charge in [0.05, 0.1) is 17.1 Å². The Labute approximate surface area is 153 Å². The number of piperidine rings is 1. The second kappa shape index (κ2) is 4.75. The SMILES string of the molecule is CC1N(CC2CCC2)C2CC34c5c2ccc(O)c5OC3C(O)CCC14O. The molecule has 1 aromatic carbocycles. The van der Waals surface area contributed by atoms with Crippen LogP contribution in [0.1, 0.15) is 62.6 Å². The van der Waals surface area contributed by atoms with Gasteiger partial charge in [-0.25, -0.2) is 0 Å². The lowest BCUT2D eigenvalue weighted by molar-refractivity contribution is -0.207. The van der Waals surface area contributed by atoms with Crippen LogP contribution in [-0.2, 0) is 5.41 Å². The fourth-order valence-electron chi connectivity index (χ4n) is 6.92. The molecule has 6 unspecified atom stereocenters. The second-order valence-corrected chi connectivity index (χ2v) is 9.31. The van der Waals surface area contributed by atoms with Gasteiger partial charge in [0, 0.05) is 24.2 Å². The minimum Gasteiger partial charge on any atom is -0.504 e. The summed E-state index contributed by atoms with van der Waals surface area (Å²) >= 11 is 0. The molecule has 140 valence electrons. The van der Waals surface area contributed by atoms with Crippen LogP contribution >= 0.6 is 0 Å². The lowest BCUT2D eigenvalue weighted by atomic mass is 9.54. The number of aromatic hydroxyl groups is 1. The highest BCUT2D eigenvalue weighted by Gasteiger charge is 2.75. The highest BCUT2D eigenvalue weighted by molar-refractivity contribution is 5.64. The average Bonchev–Trinajstić information content (AvgIpc) is 3.08. The summed E-state index contributed by atoms with van der Waals surface area (Å²) in [7, 11) is 0. The fraction of sp³-hybridized carbons (Fsp3) is 0.714. The number of hydrogen-bond donors (Lipinski definition) is 3. The summed E-state index contributed by atoms with van der Waals surface area (Å²) < 4.78 is 6.13. The van der Waals surface area contributed by atoms with Crippen molar-refractivity contribution in [3.63, 3.8) is 0 Å². The van der Waals surface area contributed by atoms with Crippen LogP contribution < -0.4 is 4.74 Å². The van der Waals surface area contributed by atoms with E-state index in [1.807, 2.05) is 6.07 Å². The Hall–Kier alpha value is -1.30. The van der Waals surface area contributed by atoms with E-state index in [0.29, 0.717) is 18.6 Å². The van der Waals surface area contributed by atoms with Crippen LogP contribution in [0.2, 0.25) is 0 Å². The van der Waals surface area contributed by atoms with E-state index < -0.39 is 23.2 Å². The number of aliphatic hydroxyl groups is 2. The number of aliphatic hydroxyl groups excluding tert-OH is 1. The van der Waals surface area contributed by atoms with Gasteiger partial charge >= 0.3 is 0 Å². The summed E-state index contributed by atoms with van der Waals surface area (Å²) in [6, 6.07) is 4.00. The number of phenols is 1.